The lowest BCUT2D eigenvalue weighted by Crippen LogP contribution is -2.41. The van der Waals surface area contributed by atoms with Gasteiger partial charge in [0, 0.05) is 37.4 Å². The largest absolute Gasteiger partial charge is 0.496 e. The average molecular weight is 354 g/mol. The molecule has 1 aliphatic rings. The summed E-state index contributed by atoms with van der Waals surface area (Å²) in [7, 11) is 1.67. The summed E-state index contributed by atoms with van der Waals surface area (Å²) in [4.78, 5) is 23.4. The van der Waals surface area contributed by atoms with Crippen LogP contribution in [-0.2, 0) is 11.2 Å². The van der Waals surface area contributed by atoms with Crippen LogP contribution in [0.1, 0.15) is 24.1 Å². The van der Waals surface area contributed by atoms with Crippen LogP contribution in [0.25, 0.3) is 0 Å². The minimum Gasteiger partial charge on any atom is -0.496 e. The summed E-state index contributed by atoms with van der Waals surface area (Å²) in [5.41, 5.74) is 2.08. The zero-order chi connectivity index (χ0) is 18.4. The summed E-state index contributed by atoms with van der Waals surface area (Å²) in [6.07, 6.45) is 4.22. The maximum absolute atomic E-state index is 12.4. The van der Waals surface area contributed by atoms with Crippen LogP contribution in [0, 0.1) is 12.8 Å². The van der Waals surface area contributed by atoms with Crippen LogP contribution in [0.3, 0.4) is 0 Å². The molecule has 0 saturated carbocycles. The zero-order valence-corrected chi connectivity index (χ0v) is 15.4. The molecule has 0 spiro atoms. The quantitative estimate of drug-likeness (QED) is 0.863. The highest BCUT2D eigenvalue weighted by atomic mass is 16.5. The van der Waals surface area contributed by atoms with E-state index in [0.29, 0.717) is 6.54 Å². The molecule has 1 aliphatic heterocycles. The van der Waals surface area contributed by atoms with Crippen LogP contribution in [-0.4, -0.2) is 42.6 Å². The number of methoxy groups -OCH3 is 1. The van der Waals surface area contributed by atoms with Gasteiger partial charge in [0.05, 0.1) is 7.11 Å². The molecule has 1 amide bonds. The second kappa shape index (κ2) is 8.65. The lowest BCUT2D eigenvalue weighted by Gasteiger charge is -2.31. The molecule has 2 heterocycles. The number of anilines is 1. The second-order valence-electron chi connectivity index (χ2n) is 6.61. The highest BCUT2D eigenvalue weighted by molar-refractivity contribution is 5.79. The number of aromatic nitrogens is 2. The lowest BCUT2D eigenvalue weighted by atomic mass is 9.96. The number of piperidine rings is 1. The van der Waals surface area contributed by atoms with Gasteiger partial charge in [-0.25, -0.2) is 9.97 Å². The van der Waals surface area contributed by atoms with Crippen molar-refractivity contribution in [3.63, 3.8) is 0 Å². The van der Waals surface area contributed by atoms with Crippen molar-refractivity contribution < 1.29 is 9.53 Å². The molecule has 138 valence electrons. The van der Waals surface area contributed by atoms with Gasteiger partial charge in [-0.15, -0.1) is 0 Å². The third-order valence-electron chi connectivity index (χ3n) is 4.82. The van der Waals surface area contributed by atoms with E-state index in [0.717, 1.165) is 55.3 Å². The van der Waals surface area contributed by atoms with E-state index >= 15 is 0 Å². The Balaban J connectivity index is 1.45. The first-order valence-electron chi connectivity index (χ1n) is 9.11. The van der Waals surface area contributed by atoms with Gasteiger partial charge in [0.15, 0.2) is 0 Å². The first-order valence-corrected chi connectivity index (χ1v) is 9.11. The molecule has 2 aromatic rings. The molecular weight excluding hydrogens is 328 g/mol. The fourth-order valence-electron chi connectivity index (χ4n) is 3.30. The first kappa shape index (κ1) is 18.2. The van der Waals surface area contributed by atoms with E-state index in [9.17, 15) is 4.79 Å². The number of nitrogens with zero attached hydrogens (tertiary/aromatic N) is 3. The summed E-state index contributed by atoms with van der Waals surface area (Å²) in [6, 6.07) is 9.81. The van der Waals surface area contributed by atoms with E-state index in [-0.39, 0.29) is 11.8 Å². The van der Waals surface area contributed by atoms with E-state index in [1.807, 2.05) is 37.3 Å². The van der Waals surface area contributed by atoms with Gasteiger partial charge in [0.2, 0.25) is 11.9 Å². The SMILES string of the molecule is COc1ccccc1CCNC(=O)C1CCN(c2nccc(C)n2)CC1. The fourth-order valence-corrected chi connectivity index (χ4v) is 3.30. The number of aryl methyl sites for hydroxylation is 1. The Morgan fingerprint density at radius 1 is 1.27 bits per heavy atom. The second-order valence-corrected chi connectivity index (χ2v) is 6.61. The minimum absolute atomic E-state index is 0.0636. The highest BCUT2D eigenvalue weighted by Crippen LogP contribution is 2.21. The van der Waals surface area contributed by atoms with Gasteiger partial charge < -0.3 is 15.0 Å². The number of amides is 1. The number of para-hydroxylation sites is 1. The van der Waals surface area contributed by atoms with Gasteiger partial charge >= 0.3 is 0 Å². The topological polar surface area (TPSA) is 67.3 Å². The van der Waals surface area contributed by atoms with Gasteiger partial charge in [-0.05, 0) is 43.9 Å². The smallest absolute Gasteiger partial charge is 0.225 e. The number of nitrogens with one attached hydrogen (secondary N) is 1. The van der Waals surface area contributed by atoms with Gasteiger partial charge in [0.1, 0.15) is 5.75 Å². The number of ether oxygens (including phenoxy) is 1. The Labute approximate surface area is 154 Å². The number of hydrogen-bond donors (Lipinski definition) is 1. The standard InChI is InChI=1S/C20H26N4O2/c1-15-7-11-22-20(23-15)24-13-9-17(10-14-24)19(25)21-12-8-16-5-3-4-6-18(16)26-2/h3-7,11,17H,8-10,12-14H2,1-2H3,(H,21,25). The molecule has 1 saturated heterocycles. The third kappa shape index (κ3) is 4.50. The van der Waals surface area contributed by atoms with Crippen molar-refractivity contribution in [1.29, 1.82) is 0 Å². The predicted molar refractivity (Wildman–Crippen MR) is 101 cm³/mol. The van der Waals surface area contributed by atoms with Crippen molar-refractivity contribution in [3.8, 4) is 5.75 Å². The van der Waals surface area contributed by atoms with E-state index in [2.05, 4.69) is 20.2 Å². The maximum Gasteiger partial charge on any atom is 0.225 e. The van der Waals surface area contributed by atoms with Crippen molar-refractivity contribution in [2.45, 2.75) is 26.2 Å². The maximum atomic E-state index is 12.4. The Bertz CT molecular complexity index is 742. The number of carbonyl (C=O) groups excluding carboxylic acids is 1. The Morgan fingerprint density at radius 2 is 2.04 bits per heavy atom. The molecule has 0 aliphatic carbocycles. The minimum atomic E-state index is 0.0636. The van der Waals surface area contributed by atoms with Crippen molar-refractivity contribution >= 4 is 11.9 Å². The number of benzene rings is 1. The Hall–Kier alpha value is -2.63. The van der Waals surface area contributed by atoms with Gasteiger partial charge in [-0.1, -0.05) is 18.2 Å². The molecule has 0 unspecified atom stereocenters. The van der Waals surface area contributed by atoms with E-state index in [1.165, 1.54) is 0 Å². The number of carbonyl (C=O) groups is 1. The summed E-state index contributed by atoms with van der Waals surface area (Å²) < 4.78 is 5.35. The average Bonchev–Trinajstić information content (AvgIpc) is 2.68. The molecule has 1 aromatic carbocycles. The van der Waals surface area contributed by atoms with E-state index in [4.69, 9.17) is 4.74 Å². The molecule has 0 bridgehead atoms. The summed E-state index contributed by atoms with van der Waals surface area (Å²) in [6.45, 7) is 4.22. The number of rotatable bonds is 6. The van der Waals surface area contributed by atoms with Gasteiger partial charge in [-0.3, -0.25) is 4.79 Å². The summed E-state index contributed by atoms with van der Waals surface area (Å²) >= 11 is 0. The molecular formula is C20H26N4O2. The molecule has 1 N–H and O–H groups in total. The normalized spacial score (nSPS) is 14.9. The molecule has 0 radical (unpaired) electrons. The fraction of sp³-hybridized carbons (Fsp3) is 0.450. The van der Waals surface area contributed by atoms with Crippen molar-refractivity contribution in [3.05, 3.63) is 47.8 Å². The van der Waals surface area contributed by atoms with Crippen molar-refractivity contribution in [1.82, 2.24) is 15.3 Å². The molecule has 1 fully saturated rings. The lowest BCUT2D eigenvalue weighted by molar-refractivity contribution is -0.125. The van der Waals surface area contributed by atoms with Crippen molar-refractivity contribution in [2.75, 3.05) is 31.6 Å². The molecule has 26 heavy (non-hydrogen) atoms. The van der Waals surface area contributed by atoms with Crippen molar-refractivity contribution in [2.24, 2.45) is 5.92 Å². The van der Waals surface area contributed by atoms with Crippen LogP contribution < -0.4 is 15.0 Å². The van der Waals surface area contributed by atoms with Crippen LogP contribution in [0.4, 0.5) is 5.95 Å². The first-order chi connectivity index (χ1) is 12.7. The monoisotopic (exact) mass is 354 g/mol. The summed E-state index contributed by atoms with van der Waals surface area (Å²) in [5, 5.41) is 3.07. The van der Waals surface area contributed by atoms with Crippen LogP contribution in [0.5, 0.6) is 5.75 Å². The number of hydrogen-bond acceptors (Lipinski definition) is 5. The molecule has 6 nitrogen and oxygen atoms in total. The molecule has 1 aromatic heterocycles. The zero-order valence-electron chi connectivity index (χ0n) is 15.4. The Kier molecular flexibility index (Phi) is 6.04. The van der Waals surface area contributed by atoms with Crippen LogP contribution in [0.2, 0.25) is 0 Å². The molecule has 6 heteroatoms. The van der Waals surface area contributed by atoms with E-state index < -0.39 is 0 Å². The highest BCUT2D eigenvalue weighted by Gasteiger charge is 2.25. The molecule has 3 rings (SSSR count). The van der Waals surface area contributed by atoms with E-state index in [1.54, 1.807) is 13.3 Å². The Morgan fingerprint density at radius 3 is 2.77 bits per heavy atom. The predicted octanol–water partition coefficient (Wildman–Crippen LogP) is 2.37. The third-order valence-corrected chi connectivity index (χ3v) is 4.82. The van der Waals surface area contributed by atoms with Crippen LogP contribution >= 0.6 is 0 Å². The molecule has 0 atom stereocenters. The van der Waals surface area contributed by atoms with Gasteiger partial charge in [0.25, 0.3) is 0 Å². The van der Waals surface area contributed by atoms with Gasteiger partial charge in [-0.2, -0.15) is 0 Å². The summed E-state index contributed by atoms with van der Waals surface area (Å²) in [5.74, 6) is 1.84. The van der Waals surface area contributed by atoms with Crippen LogP contribution in [0.15, 0.2) is 36.5 Å².